The molecular formula is C29H29FN6O2. The molecule has 9 heteroatoms. The van der Waals surface area contributed by atoms with E-state index in [4.69, 9.17) is 6.57 Å². The van der Waals surface area contributed by atoms with Gasteiger partial charge < -0.3 is 20.4 Å². The Morgan fingerprint density at radius 3 is 2.55 bits per heavy atom. The predicted molar refractivity (Wildman–Crippen MR) is 140 cm³/mol. The molecule has 38 heavy (non-hydrogen) atoms. The summed E-state index contributed by atoms with van der Waals surface area (Å²) in [5.41, 5.74) is 3.14. The van der Waals surface area contributed by atoms with Crippen LogP contribution in [0.5, 0.6) is 0 Å². The Balaban J connectivity index is 1.16. The van der Waals surface area contributed by atoms with Crippen molar-refractivity contribution in [2.24, 2.45) is 0 Å². The monoisotopic (exact) mass is 512 g/mol. The number of hydrogen-bond donors (Lipinski definition) is 2. The molecule has 5 rings (SSSR count). The second-order valence-electron chi connectivity index (χ2n) is 9.84. The highest BCUT2D eigenvalue weighted by molar-refractivity contribution is 5.98. The molecule has 0 unspecified atom stereocenters. The van der Waals surface area contributed by atoms with Gasteiger partial charge in [-0.1, -0.05) is 24.3 Å². The molecule has 0 bridgehead atoms. The Morgan fingerprint density at radius 1 is 1.11 bits per heavy atom. The molecule has 1 aliphatic heterocycles. The van der Waals surface area contributed by atoms with Crippen molar-refractivity contribution in [1.29, 1.82) is 0 Å². The predicted octanol–water partition coefficient (Wildman–Crippen LogP) is 3.44. The van der Waals surface area contributed by atoms with Gasteiger partial charge in [0, 0.05) is 29.3 Å². The van der Waals surface area contributed by atoms with Gasteiger partial charge in [0.15, 0.2) is 0 Å². The minimum Gasteiger partial charge on any atom is -0.340 e. The molecular weight excluding hydrogens is 483 g/mol. The van der Waals surface area contributed by atoms with E-state index in [0.717, 1.165) is 17.5 Å². The van der Waals surface area contributed by atoms with Gasteiger partial charge in [0.05, 0.1) is 18.8 Å². The summed E-state index contributed by atoms with van der Waals surface area (Å²) < 4.78 is 13.2. The van der Waals surface area contributed by atoms with Crippen molar-refractivity contribution in [2.45, 2.75) is 43.3 Å². The highest BCUT2D eigenvalue weighted by Crippen LogP contribution is 2.40. The largest absolute Gasteiger partial charge is 0.340 e. The molecule has 2 aliphatic rings. The second kappa shape index (κ2) is 11.5. The lowest BCUT2D eigenvalue weighted by atomic mass is 10.0. The van der Waals surface area contributed by atoms with Crippen LogP contribution in [0.3, 0.4) is 0 Å². The normalized spacial score (nSPS) is 19.2. The molecule has 1 aliphatic carbocycles. The van der Waals surface area contributed by atoms with E-state index in [1.807, 2.05) is 30.3 Å². The Bertz CT molecular complexity index is 1300. The first-order valence-electron chi connectivity index (χ1n) is 12.8. The van der Waals surface area contributed by atoms with E-state index in [2.05, 4.69) is 25.7 Å². The zero-order valence-electron chi connectivity index (χ0n) is 20.9. The fourth-order valence-corrected chi connectivity index (χ4v) is 4.78. The topological polar surface area (TPSA) is 91.6 Å². The Morgan fingerprint density at radius 2 is 1.87 bits per heavy atom. The van der Waals surface area contributed by atoms with Crippen molar-refractivity contribution in [3.05, 3.63) is 95.2 Å². The van der Waals surface area contributed by atoms with Gasteiger partial charge >= 0.3 is 0 Å². The van der Waals surface area contributed by atoms with E-state index in [1.54, 1.807) is 29.3 Å². The SMILES string of the molecule is [C-]#[N+]C1CN(C(=O)[C@H](CCCN[C@@H]2C[C@H]2c2ccc(F)cc2)NC(=O)c2ccc(-c3cccnn3)cc2)C1. The molecule has 2 fully saturated rings. The number of benzene rings is 2. The summed E-state index contributed by atoms with van der Waals surface area (Å²) in [5.74, 6) is -0.319. The number of rotatable bonds is 10. The van der Waals surface area contributed by atoms with E-state index in [-0.39, 0.29) is 23.7 Å². The van der Waals surface area contributed by atoms with Crippen LogP contribution in [0.15, 0.2) is 66.9 Å². The lowest BCUT2D eigenvalue weighted by Crippen LogP contribution is -2.58. The quantitative estimate of drug-likeness (QED) is 0.321. The molecule has 0 spiro atoms. The zero-order valence-corrected chi connectivity index (χ0v) is 20.9. The molecule has 1 saturated heterocycles. The number of amides is 2. The highest BCUT2D eigenvalue weighted by Gasteiger charge is 2.39. The lowest BCUT2D eigenvalue weighted by molar-refractivity contribution is -0.137. The third kappa shape index (κ3) is 6.03. The second-order valence-corrected chi connectivity index (χ2v) is 9.84. The fourth-order valence-electron chi connectivity index (χ4n) is 4.78. The minimum absolute atomic E-state index is 0.148. The zero-order chi connectivity index (χ0) is 26.5. The number of carbonyl (C=O) groups is 2. The molecule has 2 aromatic carbocycles. The number of halogens is 1. The summed E-state index contributed by atoms with van der Waals surface area (Å²) in [6, 6.07) is 16.8. The Hall–Kier alpha value is -4.16. The standard InChI is InChI=1S/C29H29FN6O2/c1-31-23-17-36(18-23)29(38)26(5-2-14-32-27-16-24(27)19-10-12-22(30)13-11-19)34-28(37)21-8-6-20(7-9-21)25-4-3-15-33-35-25/h3-4,6-13,15,23-24,26-27,32H,2,5,14,16-18H2,(H,34,37)/t24-,26-,27+/m0/s1. The first-order valence-corrected chi connectivity index (χ1v) is 12.8. The average molecular weight is 513 g/mol. The van der Waals surface area contributed by atoms with E-state index in [1.165, 1.54) is 12.1 Å². The van der Waals surface area contributed by atoms with Crippen molar-refractivity contribution in [1.82, 2.24) is 25.7 Å². The van der Waals surface area contributed by atoms with Gasteiger partial charge in [-0.3, -0.25) is 9.59 Å². The van der Waals surface area contributed by atoms with Gasteiger partial charge in [-0.25, -0.2) is 11.0 Å². The molecule has 3 aromatic rings. The maximum absolute atomic E-state index is 13.2. The maximum atomic E-state index is 13.2. The highest BCUT2D eigenvalue weighted by atomic mass is 19.1. The number of nitrogens with one attached hydrogen (secondary N) is 2. The van der Waals surface area contributed by atoms with E-state index >= 15 is 0 Å². The van der Waals surface area contributed by atoms with Crippen molar-refractivity contribution in [3.8, 4) is 11.3 Å². The number of likely N-dealkylation sites (tertiary alicyclic amines) is 1. The van der Waals surface area contributed by atoms with Crippen LogP contribution in [0.25, 0.3) is 16.1 Å². The number of nitrogens with zero attached hydrogens (tertiary/aromatic N) is 4. The van der Waals surface area contributed by atoms with Crippen LogP contribution in [0.1, 0.15) is 41.1 Å². The molecule has 1 saturated carbocycles. The summed E-state index contributed by atoms with van der Waals surface area (Å²) in [6.45, 7) is 8.67. The van der Waals surface area contributed by atoms with Crippen LogP contribution in [0.4, 0.5) is 4.39 Å². The molecule has 2 amide bonds. The molecule has 3 atom stereocenters. The van der Waals surface area contributed by atoms with E-state index in [9.17, 15) is 14.0 Å². The summed E-state index contributed by atoms with van der Waals surface area (Å²) in [7, 11) is 0. The van der Waals surface area contributed by atoms with Crippen LogP contribution < -0.4 is 10.6 Å². The van der Waals surface area contributed by atoms with E-state index < -0.39 is 6.04 Å². The van der Waals surface area contributed by atoms with Crippen LogP contribution in [-0.4, -0.2) is 64.7 Å². The molecule has 194 valence electrons. The van der Waals surface area contributed by atoms with Crippen LogP contribution in [0.2, 0.25) is 0 Å². The average Bonchev–Trinajstić information content (AvgIpc) is 3.70. The number of aromatic nitrogens is 2. The number of carbonyl (C=O) groups excluding carboxylic acids is 2. The van der Waals surface area contributed by atoms with Crippen LogP contribution in [-0.2, 0) is 4.79 Å². The van der Waals surface area contributed by atoms with Crippen molar-refractivity contribution >= 4 is 11.8 Å². The van der Waals surface area contributed by atoms with Crippen molar-refractivity contribution in [2.75, 3.05) is 19.6 Å². The first kappa shape index (κ1) is 25.5. The van der Waals surface area contributed by atoms with E-state index in [0.29, 0.717) is 55.7 Å². The third-order valence-electron chi connectivity index (χ3n) is 7.14. The molecule has 0 radical (unpaired) electrons. The van der Waals surface area contributed by atoms with Gasteiger partial charge in [0.2, 0.25) is 5.91 Å². The summed E-state index contributed by atoms with van der Waals surface area (Å²) in [5, 5.41) is 14.4. The smallest absolute Gasteiger partial charge is 0.258 e. The molecule has 8 nitrogen and oxygen atoms in total. The Kier molecular flexibility index (Phi) is 7.70. The lowest BCUT2D eigenvalue weighted by Gasteiger charge is -2.34. The fraction of sp³-hybridized carbons (Fsp3) is 0.345. The van der Waals surface area contributed by atoms with Crippen molar-refractivity contribution < 1.29 is 14.0 Å². The van der Waals surface area contributed by atoms with Crippen molar-refractivity contribution in [3.63, 3.8) is 0 Å². The molecule has 2 N–H and O–H groups in total. The first-order chi connectivity index (χ1) is 18.5. The van der Waals surface area contributed by atoms with Gasteiger partial charge in [0.1, 0.15) is 11.9 Å². The Labute approximate surface area is 221 Å². The van der Waals surface area contributed by atoms with Crippen LogP contribution >= 0.6 is 0 Å². The minimum atomic E-state index is -0.664. The summed E-state index contributed by atoms with van der Waals surface area (Å²) in [6.07, 6.45) is 3.80. The number of hydrogen-bond acceptors (Lipinski definition) is 5. The maximum Gasteiger partial charge on any atom is 0.258 e. The van der Waals surface area contributed by atoms with Crippen LogP contribution in [0, 0.1) is 12.4 Å². The summed E-state index contributed by atoms with van der Waals surface area (Å²) >= 11 is 0. The summed E-state index contributed by atoms with van der Waals surface area (Å²) in [4.78, 5) is 31.3. The van der Waals surface area contributed by atoms with Gasteiger partial charge in [0.25, 0.3) is 11.9 Å². The van der Waals surface area contributed by atoms with Gasteiger partial charge in [-0.05, 0) is 67.8 Å². The molecule has 2 heterocycles. The third-order valence-corrected chi connectivity index (χ3v) is 7.14. The van der Waals surface area contributed by atoms with Gasteiger partial charge in [-0.2, -0.15) is 10.2 Å². The van der Waals surface area contributed by atoms with Gasteiger partial charge in [-0.15, -0.1) is 0 Å². The molecule has 1 aromatic heterocycles.